The quantitative estimate of drug-likeness (QED) is 0.470. The summed E-state index contributed by atoms with van der Waals surface area (Å²) in [6.07, 6.45) is 7.31. The number of esters is 2. The Bertz CT molecular complexity index is 1200. The highest BCUT2D eigenvalue weighted by Gasteiger charge is 2.90. The van der Waals surface area contributed by atoms with Gasteiger partial charge in [0.25, 0.3) is 11.2 Å². The van der Waals surface area contributed by atoms with Gasteiger partial charge in [0.1, 0.15) is 11.5 Å². The number of Topliss-reactive ketones (excluding diaryl/α,β-unsaturated/α-hetero) is 2. The number of fused-ring (bicyclic) bond motifs is 3. The van der Waals surface area contributed by atoms with Crippen LogP contribution in [0, 0.1) is 11.8 Å². The fourth-order valence-corrected chi connectivity index (χ4v) is 6.44. The first kappa shape index (κ1) is 24.6. The maximum Gasteiger partial charge on any atom is 0.356 e. The van der Waals surface area contributed by atoms with Gasteiger partial charge in [-0.15, -0.1) is 0 Å². The Morgan fingerprint density at radius 2 is 0.895 bits per heavy atom. The minimum absolute atomic E-state index is 0.104. The number of para-hydroxylation sites is 2. The van der Waals surface area contributed by atoms with Gasteiger partial charge in [0.2, 0.25) is 0 Å². The highest BCUT2D eigenvalue weighted by atomic mass is 16.6. The van der Waals surface area contributed by atoms with Crippen LogP contribution in [0.3, 0.4) is 0 Å². The molecule has 2 aromatic carbocycles. The van der Waals surface area contributed by atoms with Gasteiger partial charge in [-0.25, -0.2) is 9.59 Å². The van der Waals surface area contributed by atoms with Crippen molar-refractivity contribution in [1.29, 1.82) is 0 Å². The highest BCUT2D eigenvalue weighted by Crippen LogP contribution is 2.64. The first-order chi connectivity index (χ1) is 18.5. The Morgan fingerprint density at radius 1 is 0.526 bits per heavy atom. The summed E-state index contributed by atoms with van der Waals surface area (Å²) in [4.78, 5) is 55.8. The number of ketones is 2. The van der Waals surface area contributed by atoms with E-state index in [9.17, 15) is 19.2 Å². The third-order valence-electron chi connectivity index (χ3n) is 8.28. The molecule has 6 rings (SSSR count). The zero-order chi connectivity index (χ0) is 26.3. The number of hydrogen-bond donors (Lipinski definition) is 0. The van der Waals surface area contributed by atoms with Crippen molar-refractivity contribution in [2.45, 2.75) is 62.6 Å². The Hall–Kier alpha value is -3.68. The SMILES string of the molecule is O=C1c2ccccc2O[C@@]23C(=O)OCCCCCCCCCCOC(=O)[C@]24Oc2ccccc2C(=O)[C@@H]4[C@@H]13. The predicted molar refractivity (Wildman–Crippen MR) is 134 cm³/mol. The first-order valence-electron chi connectivity index (χ1n) is 13.5. The molecule has 8 heteroatoms. The lowest BCUT2D eigenvalue weighted by Crippen LogP contribution is -2.90. The number of rotatable bonds is 0. The van der Waals surface area contributed by atoms with Crippen LogP contribution in [0.25, 0.3) is 0 Å². The summed E-state index contributed by atoms with van der Waals surface area (Å²) in [6.45, 7) is 0.208. The fraction of sp³-hybridized carbons (Fsp3) is 0.467. The van der Waals surface area contributed by atoms with E-state index in [1.54, 1.807) is 48.5 Å². The van der Waals surface area contributed by atoms with E-state index in [1.165, 1.54) is 0 Å². The molecule has 0 N–H and O–H groups in total. The number of ether oxygens (including phenoxy) is 4. The second kappa shape index (κ2) is 9.57. The molecule has 2 fully saturated rings. The van der Waals surface area contributed by atoms with Gasteiger partial charge in [-0.1, -0.05) is 62.8 Å². The standard InChI is InChI=1S/C30H30O8/c31-25-19-13-7-9-15-21(19)37-29-23(25)24-26(32)20-14-8-10-16-22(20)38-30(24,29)28(34)36-18-12-6-4-2-1-3-5-11-17-35-27(29)33/h7-10,13-16,23-24H,1-6,11-12,17-18H2/t23-,24-,29-,30-/m0/s1. The third-order valence-corrected chi connectivity index (χ3v) is 8.28. The Balaban J connectivity index is 1.50. The average molecular weight is 519 g/mol. The molecule has 4 aliphatic rings. The normalized spacial score (nSPS) is 31.4. The molecule has 8 nitrogen and oxygen atoms in total. The molecule has 1 saturated heterocycles. The van der Waals surface area contributed by atoms with E-state index < -0.39 is 46.5 Å². The molecule has 38 heavy (non-hydrogen) atoms. The molecule has 0 bridgehead atoms. The fourth-order valence-electron chi connectivity index (χ4n) is 6.44. The molecule has 0 unspecified atom stereocenters. The van der Waals surface area contributed by atoms with Crippen LogP contribution in [0.2, 0.25) is 0 Å². The van der Waals surface area contributed by atoms with Crippen molar-refractivity contribution >= 4 is 23.5 Å². The highest BCUT2D eigenvalue weighted by molar-refractivity contribution is 6.19. The van der Waals surface area contributed by atoms with E-state index in [4.69, 9.17) is 18.9 Å². The maximum atomic E-state index is 14.0. The van der Waals surface area contributed by atoms with Crippen LogP contribution < -0.4 is 9.47 Å². The summed E-state index contributed by atoms with van der Waals surface area (Å²) >= 11 is 0. The van der Waals surface area contributed by atoms with Gasteiger partial charge < -0.3 is 18.9 Å². The monoisotopic (exact) mass is 518 g/mol. The number of cyclic esters (lactones) is 2. The average Bonchev–Trinajstić information content (AvgIpc) is 2.92. The minimum Gasteiger partial charge on any atom is -0.469 e. The van der Waals surface area contributed by atoms with E-state index in [0.717, 1.165) is 38.5 Å². The lowest BCUT2D eigenvalue weighted by molar-refractivity contribution is -0.261. The van der Waals surface area contributed by atoms with Gasteiger partial charge in [-0.05, 0) is 37.1 Å². The minimum atomic E-state index is -2.19. The molecule has 198 valence electrons. The Labute approximate surface area is 220 Å². The van der Waals surface area contributed by atoms with Crippen molar-refractivity contribution in [1.82, 2.24) is 0 Å². The number of hydrogen-bond acceptors (Lipinski definition) is 8. The summed E-state index contributed by atoms with van der Waals surface area (Å²) in [5, 5.41) is 0. The van der Waals surface area contributed by atoms with Crippen LogP contribution >= 0.6 is 0 Å². The molecular weight excluding hydrogens is 488 g/mol. The van der Waals surface area contributed by atoms with Crippen molar-refractivity contribution in [3.8, 4) is 11.5 Å². The van der Waals surface area contributed by atoms with Crippen LogP contribution in [0.15, 0.2) is 48.5 Å². The second-order valence-electron chi connectivity index (χ2n) is 10.5. The molecular formula is C30H30O8. The Morgan fingerprint density at radius 3 is 1.32 bits per heavy atom. The predicted octanol–water partition coefficient (Wildman–Crippen LogP) is 4.48. The summed E-state index contributed by atoms with van der Waals surface area (Å²) in [5.74, 6) is -5.00. The second-order valence-corrected chi connectivity index (χ2v) is 10.5. The molecule has 2 aromatic rings. The van der Waals surface area contributed by atoms with Crippen LogP contribution in [0.1, 0.15) is 72.1 Å². The van der Waals surface area contributed by atoms with Crippen molar-refractivity contribution in [3.63, 3.8) is 0 Å². The van der Waals surface area contributed by atoms with Gasteiger partial charge in [0.15, 0.2) is 11.6 Å². The van der Waals surface area contributed by atoms with Gasteiger partial charge in [-0.3, -0.25) is 9.59 Å². The Kier molecular flexibility index (Phi) is 6.20. The molecule has 0 radical (unpaired) electrons. The van der Waals surface area contributed by atoms with Crippen LogP contribution in [-0.4, -0.2) is 47.9 Å². The molecule has 4 atom stereocenters. The van der Waals surface area contributed by atoms with E-state index >= 15 is 0 Å². The van der Waals surface area contributed by atoms with E-state index in [-0.39, 0.29) is 35.8 Å². The topological polar surface area (TPSA) is 105 Å². The van der Waals surface area contributed by atoms with Crippen molar-refractivity contribution in [2.24, 2.45) is 11.8 Å². The van der Waals surface area contributed by atoms with Gasteiger partial charge in [-0.2, -0.15) is 0 Å². The zero-order valence-electron chi connectivity index (χ0n) is 21.1. The summed E-state index contributed by atoms with van der Waals surface area (Å²) < 4.78 is 24.1. The maximum absolute atomic E-state index is 14.0. The number of benzene rings is 2. The third kappa shape index (κ3) is 3.42. The summed E-state index contributed by atoms with van der Waals surface area (Å²) in [7, 11) is 0. The molecule has 3 aliphatic heterocycles. The van der Waals surface area contributed by atoms with Crippen LogP contribution in [0.4, 0.5) is 0 Å². The van der Waals surface area contributed by atoms with E-state index in [1.807, 2.05) is 0 Å². The lowest BCUT2D eigenvalue weighted by Gasteiger charge is -2.64. The van der Waals surface area contributed by atoms with Crippen molar-refractivity contribution < 1.29 is 38.1 Å². The van der Waals surface area contributed by atoms with Crippen LogP contribution in [-0.2, 0) is 19.1 Å². The van der Waals surface area contributed by atoms with Crippen molar-refractivity contribution in [3.05, 3.63) is 59.7 Å². The van der Waals surface area contributed by atoms with Crippen molar-refractivity contribution in [2.75, 3.05) is 13.2 Å². The smallest absolute Gasteiger partial charge is 0.356 e. The number of carbonyl (C=O) groups excluding carboxylic acids is 4. The molecule has 0 aromatic heterocycles. The van der Waals surface area contributed by atoms with Gasteiger partial charge in [0, 0.05) is 0 Å². The largest absolute Gasteiger partial charge is 0.469 e. The molecule has 0 amide bonds. The molecule has 3 heterocycles. The zero-order valence-corrected chi connectivity index (χ0v) is 21.1. The lowest BCUT2D eigenvalue weighted by atomic mass is 9.45. The number of carbonyl (C=O) groups is 4. The first-order valence-corrected chi connectivity index (χ1v) is 13.5. The summed E-state index contributed by atoms with van der Waals surface area (Å²) in [5.41, 5.74) is -3.89. The van der Waals surface area contributed by atoms with Gasteiger partial charge in [0.05, 0.1) is 36.2 Å². The summed E-state index contributed by atoms with van der Waals surface area (Å²) in [6, 6.07) is 13.0. The molecule has 1 saturated carbocycles. The molecule has 2 spiro atoms. The van der Waals surface area contributed by atoms with Gasteiger partial charge >= 0.3 is 11.9 Å². The van der Waals surface area contributed by atoms with E-state index in [2.05, 4.69) is 0 Å². The van der Waals surface area contributed by atoms with Crippen LogP contribution in [0.5, 0.6) is 11.5 Å². The van der Waals surface area contributed by atoms with E-state index in [0.29, 0.717) is 12.8 Å². The molecule has 1 aliphatic carbocycles.